The Hall–Kier alpha value is -0.860. The number of aliphatic hydroxyl groups is 1. The van der Waals surface area contributed by atoms with Crippen LogP contribution in [0.25, 0.3) is 0 Å². The van der Waals surface area contributed by atoms with Crippen LogP contribution in [0.5, 0.6) is 11.5 Å². The molecular formula is C13H11BrINO3. The van der Waals surface area contributed by atoms with E-state index in [9.17, 15) is 10.2 Å². The van der Waals surface area contributed by atoms with Crippen molar-refractivity contribution in [3.05, 3.63) is 50.3 Å². The van der Waals surface area contributed by atoms with Gasteiger partial charge in [-0.2, -0.15) is 0 Å². The number of pyridine rings is 1. The maximum absolute atomic E-state index is 9.89. The van der Waals surface area contributed by atoms with Gasteiger partial charge in [-0.05, 0) is 44.1 Å². The standard InChI is InChI=1S/C13H11BrINO3/c14-13-12(18)9(6-11(15)16-13)19-10(7-17)8-4-2-1-3-5-8/h1-6,10,17-18H,7H2. The Balaban J connectivity index is 2.29. The zero-order valence-electron chi connectivity index (χ0n) is 9.75. The molecule has 0 spiro atoms. The van der Waals surface area contributed by atoms with E-state index < -0.39 is 6.10 Å². The smallest absolute Gasteiger partial charge is 0.191 e. The molecular weight excluding hydrogens is 425 g/mol. The number of rotatable bonds is 4. The molecule has 2 rings (SSSR count). The van der Waals surface area contributed by atoms with Crippen LogP contribution in [0.1, 0.15) is 11.7 Å². The van der Waals surface area contributed by atoms with Gasteiger partial charge in [0.1, 0.15) is 9.80 Å². The van der Waals surface area contributed by atoms with E-state index in [1.54, 1.807) is 6.07 Å². The van der Waals surface area contributed by atoms with E-state index in [0.29, 0.717) is 8.30 Å². The first-order chi connectivity index (χ1) is 9.11. The third-order valence-electron chi connectivity index (χ3n) is 2.49. The largest absolute Gasteiger partial charge is 0.502 e. The van der Waals surface area contributed by atoms with Crippen LogP contribution in [0.15, 0.2) is 41.0 Å². The maximum Gasteiger partial charge on any atom is 0.191 e. The summed E-state index contributed by atoms with van der Waals surface area (Å²) in [4.78, 5) is 4.05. The van der Waals surface area contributed by atoms with Gasteiger partial charge in [0.05, 0.1) is 6.61 Å². The molecule has 0 fully saturated rings. The molecule has 1 heterocycles. The van der Waals surface area contributed by atoms with E-state index in [-0.39, 0.29) is 18.1 Å². The highest BCUT2D eigenvalue weighted by Crippen LogP contribution is 2.36. The number of aromatic nitrogens is 1. The summed E-state index contributed by atoms with van der Waals surface area (Å²) in [5, 5.41) is 19.3. The predicted octanol–water partition coefficient (Wildman–Crippen LogP) is 3.27. The van der Waals surface area contributed by atoms with Gasteiger partial charge in [0.15, 0.2) is 16.1 Å². The molecule has 6 heteroatoms. The Labute approximate surface area is 132 Å². The van der Waals surface area contributed by atoms with Gasteiger partial charge in [-0.25, -0.2) is 4.98 Å². The van der Waals surface area contributed by atoms with Gasteiger partial charge in [-0.1, -0.05) is 30.3 Å². The first kappa shape index (κ1) is 14.5. The zero-order valence-corrected chi connectivity index (χ0v) is 13.5. The van der Waals surface area contributed by atoms with Gasteiger partial charge < -0.3 is 14.9 Å². The SMILES string of the molecule is OCC(Oc1cc(I)nc(Br)c1O)c1ccccc1. The average Bonchev–Trinajstić information content (AvgIpc) is 2.42. The second kappa shape index (κ2) is 6.53. The lowest BCUT2D eigenvalue weighted by Crippen LogP contribution is -2.12. The Morgan fingerprint density at radius 2 is 2.00 bits per heavy atom. The third-order valence-corrected chi connectivity index (χ3v) is 3.60. The second-order valence-corrected chi connectivity index (χ2v) is 5.64. The molecule has 1 unspecified atom stereocenters. The molecule has 0 aliphatic heterocycles. The molecule has 1 atom stereocenters. The highest BCUT2D eigenvalue weighted by molar-refractivity contribution is 14.1. The molecule has 0 aliphatic rings. The summed E-state index contributed by atoms with van der Waals surface area (Å²) < 4.78 is 6.67. The normalized spacial score (nSPS) is 12.2. The van der Waals surface area contributed by atoms with Crippen molar-refractivity contribution in [2.45, 2.75) is 6.10 Å². The fraction of sp³-hybridized carbons (Fsp3) is 0.154. The molecule has 0 amide bonds. The first-order valence-corrected chi connectivity index (χ1v) is 7.36. The number of aliphatic hydroxyl groups excluding tert-OH is 1. The van der Waals surface area contributed by atoms with Crippen LogP contribution in [0.2, 0.25) is 0 Å². The average molecular weight is 436 g/mol. The van der Waals surface area contributed by atoms with Gasteiger partial charge in [0, 0.05) is 6.07 Å². The van der Waals surface area contributed by atoms with E-state index >= 15 is 0 Å². The predicted molar refractivity (Wildman–Crippen MR) is 83.2 cm³/mol. The van der Waals surface area contributed by atoms with Crippen LogP contribution in [0.3, 0.4) is 0 Å². The first-order valence-electron chi connectivity index (χ1n) is 5.49. The van der Waals surface area contributed by atoms with Crippen LogP contribution in [-0.4, -0.2) is 21.8 Å². The zero-order chi connectivity index (χ0) is 13.8. The van der Waals surface area contributed by atoms with Gasteiger partial charge in [-0.15, -0.1) is 0 Å². The number of aromatic hydroxyl groups is 1. The van der Waals surface area contributed by atoms with Crippen LogP contribution in [0.4, 0.5) is 0 Å². The summed E-state index contributed by atoms with van der Waals surface area (Å²) in [6, 6.07) is 11.0. The molecule has 1 aromatic heterocycles. The van der Waals surface area contributed by atoms with Crippen molar-refractivity contribution < 1.29 is 14.9 Å². The molecule has 100 valence electrons. The van der Waals surface area contributed by atoms with E-state index in [1.165, 1.54) is 0 Å². The topological polar surface area (TPSA) is 62.6 Å². The summed E-state index contributed by atoms with van der Waals surface area (Å²) in [5.74, 6) is 0.212. The molecule has 4 nitrogen and oxygen atoms in total. The van der Waals surface area contributed by atoms with Gasteiger partial charge in [-0.3, -0.25) is 0 Å². The van der Waals surface area contributed by atoms with Crippen LogP contribution >= 0.6 is 38.5 Å². The van der Waals surface area contributed by atoms with Crippen LogP contribution in [0, 0.1) is 3.70 Å². The Kier molecular flexibility index (Phi) is 5.00. The summed E-state index contributed by atoms with van der Waals surface area (Å²) in [7, 11) is 0. The fourth-order valence-corrected chi connectivity index (χ4v) is 2.82. The Bertz CT molecular complexity index is 565. The minimum Gasteiger partial charge on any atom is -0.502 e. The lowest BCUT2D eigenvalue weighted by molar-refractivity contribution is 0.113. The quantitative estimate of drug-likeness (QED) is 0.571. The fourth-order valence-electron chi connectivity index (χ4n) is 1.58. The summed E-state index contributed by atoms with van der Waals surface area (Å²) in [6.45, 7) is -0.181. The van der Waals surface area contributed by atoms with Crippen molar-refractivity contribution in [1.29, 1.82) is 0 Å². The van der Waals surface area contributed by atoms with E-state index in [2.05, 4.69) is 20.9 Å². The van der Waals surface area contributed by atoms with Crippen molar-refractivity contribution in [3.63, 3.8) is 0 Å². The number of nitrogens with zero attached hydrogens (tertiary/aromatic N) is 1. The molecule has 0 saturated heterocycles. The monoisotopic (exact) mass is 435 g/mol. The molecule has 2 aromatic rings. The van der Waals surface area contributed by atoms with Gasteiger partial charge in [0.25, 0.3) is 0 Å². The summed E-state index contributed by atoms with van der Waals surface area (Å²) in [5.41, 5.74) is 0.840. The molecule has 0 saturated carbocycles. The highest BCUT2D eigenvalue weighted by atomic mass is 127. The van der Waals surface area contributed by atoms with Crippen molar-refractivity contribution in [2.24, 2.45) is 0 Å². The van der Waals surface area contributed by atoms with E-state index in [0.717, 1.165) is 5.56 Å². The molecule has 0 radical (unpaired) electrons. The highest BCUT2D eigenvalue weighted by Gasteiger charge is 2.17. The van der Waals surface area contributed by atoms with Crippen molar-refractivity contribution in [3.8, 4) is 11.5 Å². The lowest BCUT2D eigenvalue weighted by Gasteiger charge is -2.18. The molecule has 2 N–H and O–H groups in total. The maximum atomic E-state index is 9.89. The molecule has 0 bridgehead atoms. The van der Waals surface area contributed by atoms with E-state index in [1.807, 2.05) is 52.9 Å². The van der Waals surface area contributed by atoms with Crippen molar-refractivity contribution >= 4 is 38.5 Å². The number of hydrogen-bond acceptors (Lipinski definition) is 4. The Morgan fingerprint density at radius 1 is 1.32 bits per heavy atom. The van der Waals surface area contributed by atoms with Crippen LogP contribution < -0.4 is 4.74 Å². The van der Waals surface area contributed by atoms with Gasteiger partial charge in [0.2, 0.25) is 0 Å². The van der Waals surface area contributed by atoms with E-state index in [4.69, 9.17) is 4.74 Å². The number of hydrogen-bond donors (Lipinski definition) is 2. The lowest BCUT2D eigenvalue weighted by atomic mass is 10.1. The minimum atomic E-state index is -0.530. The van der Waals surface area contributed by atoms with Crippen molar-refractivity contribution in [1.82, 2.24) is 4.98 Å². The number of ether oxygens (including phenoxy) is 1. The minimum absolute atomic E-state index is 0.0743. The number of benzene rings is 1. The van der Waals surface area contributed by atoms with Crippen LogP contribution in [-0.2, 0) is 0 Å². The molecule has 0 aliphatic carbocycles. The number of halogens is 2. The third kappa shape index (κ3) is 3.58. The Morgan fingerprint density at radius 3 is 2.63 bits per heavy atom. The summed E-state index contributed by atoms with van der Waals surface area (Å²) in [6.07, 6.45) is -0.530. The van der Waals surface area contributed by atoms with Crippen molar-refractivity contribution in [2.75, 3.05) is 6.61 Å². The second-order valence-electron chi connectivity index (χ2n) is 3.78. The molecule has 19 heavy (non-hydrogen) atoms. The van der Waals surface area contributed by atoms with Gasteiger partial charge >= 0.3 is 0 Å². The summed E-state index contributed by atoms with van der Waals surface area (Å²) >= 11 is 5.18. The molecule has 1 aromatic carbocycles.